The standard InChI is InChI=1S/C23H26N2O4/c1-14-9-15(2)11-18(10-14)29-13-20(26)21-16(3)19(12-24)22(27)25(23(21)28)17-7-5-4-6-8-17/h9-11,17,28H,4-8,13H2,1-3H3. The Kier molecular flexibility index (Phi) is 6.07. The predicted molar refractivity (Wildman–Crippen MR) is 110 cm³/mol. The van der Waals surface area contributed by atoms with Gasteiger partial charge < -0.3 is 9.84 Å². The first-order valence-corrected chi connectivity index (χ1v) is 9.96. The highest BCUT2D eigenvalue weighted by atomic mass is 16.5. The van der Waals surface area contributed by atoms with Crippen LogP contribution in [0.25, 0.3) is 0 Å². The fourth-order valence-corrected chi connectivity index (χ4v) is 4.17. The van der Waals surface area contributed by atoms with Gasteiger partial charge >= 0.3 is 0 Å². The third kappa shape index (κ3) is 4.19. The topological polar surface area (TPSA) is 92.3 Å². The summed E-state index contributed by atoms with van der Waals surface area (Å²) < 4.78 is 6.90. The molecular weight excluding hydrogens is 368 g/mol. The number of carbonyl (C=O) groups is 1. The van der Waals surface area contributed by atoms with Crippen molar-refractivity contribution in [3.05, 3.63) is 56.4 Å². The number of carbonyl (C=O) groups excluding carboxylic acids is 1. The molecule has 1 aliphatic rings. The molecule has 1 aliphatic carbocycles. The second-order valence-corrected chi connectivity index (χ2v) is 7.81. The lowest BCUT2D eigenvalue weighted by atomic mass is 9.93. The molecule has 1 aromatic heterocycles. The van der Waals surface area contributed by atoms with Gasteiger partial charge in [-0.05, 0) is 62.4 Å². The SMILES string of the molecule is Cc1cc(C)cc(OCC(=O)c2c(C)c(C#N)c(=O)n(C3CCCCC3)c2O)c1. The lowest BCUT2D eigenvalue weighted by Crippen LogP contribution is -2.31. The average molecular weight is 394 g/mol. The fourth-order valence-electron chi connectivity index (χ4n) is 4.17. The number of aromatic nitrogens is 1. The number of nitrogens with zero attached hydrogens (tertiary/aromatic N) is 2. The number of hydrogen-bond donors (Lipinski definition) is 1. The Morgan fingerprint density at radius 3 is 2.38 bits per heavy atom. The van der Waals surface area contributed by atoms with Gasteiger partial charge in [0.2, 0.25) is 11.7 Å². The quantitative estimate of drug-likeness (QED) is 0.770. The molecule has 0 radical (unpaired) electrons. The molecule has 1 N–H and O–H groups in total. The molecule has 1 saturated carbocycles. The van der Waals surface area contributed by atoms with Crippen LogP contribution < -0.4 is 10.3 Å². The lowest BCUT2D eigenvalue weighted by Gasteiger charge is -2.26. The smallest absolute Gasteiger partial charge is 0.271 e. The van der Waals surface area contributed by atoms with Crippen LogP contribution in [0.2, 0.25) is 0 Å². The van der Waals surface area contributed by atoms with Crippen molar-refractivity contribution in [3.8, 4) is 17.7 Å². The van der Waals surface area contributed by atoms with Crippen molar-refractivity contribution in [1.29, 1.82) is 5.26 Å². The minimum absolute atomic E-state index is 0.00361. The molecule has 1 aromatic carbocycles. The van der Waals surface area contributed by atoms with Crippen LogP contribution in [-0.2, 0) is 0 Å². The molecule has 29 heavy (non-hydrogen) atoms. The van der Waals surface area contributed by atoms with Gasteiger partial charge in [0.25, 0.3) is 5.56 Å². The monoisotopic (exact) mass is 394 g/mol. The molecule has 6 heteroatoms. The normalized spacial score (nSPS) is 14.4. The Hall–Kier alpha value is -3.07. The van der Waals surface area contributed by atoms with E-state index in [0.29, 0.717) is 5.75 Å². The first-order valence-electron chi connectivity index (χ1n) is 9.96. The predicted octanol–water partition coefficient (Wildman–Crippen LogP) is 4.12. The first-order chi connectivity index (χ1) is 13.8. The lowest BCUT2D eigenvalue weighted by molar-refractivity contribution is 0.0915. The third-order valence-electron chi connectivity index (χ3n) is 5.53. The number of benzene rings is 1. The van der Waals surface area contributed by atoms with Crippen molar-refractivity contribution < 1.29 is 14.6 Å². The molecule has 0 aliphatic heterocycles. The number of ketones is 1. The third-order valence-corrected chi connectivity index (χ3v) is 5.53. The minimum atomic E-state index is -0.527. The Morgan fingerprint density at radius 1 is 1.17 bits per heavy atom. The van der Waals surface area contributed by atoms with Crippen LogP contribution >= 0.6 is 0 Å². The number of ether oxygens (including phenoxy) is 1. The van der Waals surface area contributed by atoms with E-state index >= 15 is 0 Å². The van der Waals surface area contributed by atoms with E-state index in [9.17, 15) is 20.0 Å². The average Bonchev–Trinajstić information content (AvgIpc) is 2.67. The molecule has 1 heterocycles. The van der Waals surface area contributed by atoms with Gasteiger partial charge in [-0.15, -0.1) is 0 Å². The van der Waals surface area contributed by atoms with Crippen LogP contribution in [0.15, 0.2) is 23.0 Å². The number of hydrogen-bond acceptors (Lipinski definition) is 5. The highest BCUT2D eigenvalue weighted by Crippen LogP contribution is 2.33. The van der Waals surface area contributed by atoms with E-state index in [0.717, 1.165) is 43.2 Å². The number of aromatic hydroxyl groups is 1. The molecular formula is C23H26N2O4. The van der Waals surface area contributed by atoms with Gasteiger partial charge in [-0.2, -0.15) is 5.26 Å². The van der Waals surface area contributed by atoms with Crippen LogP contribution in [0.1, 0.15) is 70.8 Å². The van der Waals surface area contributed by atoms with Gasteiger partial charge in [0.1, 0.15) is 17.4 Å². The summed E-state index contributed by atoms with van der Waals surface area (Å²) in [6, 6.07) is 7.38. The van der Waals surface area contributed by atoms with Gasteiger partial charge in [0, 0.05) is 6.04 Å². The molecule has 3 rings (SSSR count). The fraction of sp³-hybridized carbons (Fsp3) is 0.435. The van der Waals surface area contributed by atoms with E-state index in [1.165, 1.54) is 11.5 Å². The zero-order chi connectivity index (χ0) is 21.1. The Morgan fingerprint density at radius 2 is 1.79 bits per heavy atom. The van der Waals surface area contributed by atoms with Gasteiger partial charge in [-0.25, -0.2) is 0 Å². The Bertz CT molecular complexity index is 1020. The Balaban J connectivity index is 1.98. The van der Waals surface area contributed by atoms with Crippen LogP contribution in [0.3, 0.4) is 0 Å². The molecule has 0 spiro atoms. The van der Waals surface area contributed by atoms with Crippen molar-refractivity contribution in [1.82, 2.24) is 4.57 Å². The summed E-state index contributed by atoms with van der Waals surface area (Å²) in [5.74, 6) is -0.248. The van der Waals surface area contributed by atoms with Gasteiger partial charge in [0.05, 0.1) is 5.56 Å². The molecule has 6 nitrogen and oxygen atoms in total. The van der Waals surface area contributed by atoms with E-state index in [2.05, 4.69) is 0 Å². The largest absolute Gasteiger partial charge is 0.494 e. The van der Waals surface area contributed by atoms with Crippen molar-refractivity contribution in [2.75, 3.05) is 6.61 Å². The summed E-state index contributed by atoms with van der Waals surface area (Å²) in [5.41, 5.74) is 1.62. The molecule has 0 bridgehead atoms. The molecule has 1 fully saturated rings. The number of Topliss-reactive ketones (excluding diaryl/α,β-unsaturated/α-hetero) is 1. The Labute approximate surface area is 170 Å². The maximum Gasteiger partial charge on any atom is 0.271 e. The van der Waals surface area contributed by atoms with Crippen molar-refractivity contribution in [2.45, 2.75) is 58.9 Å². The highest BCUT2D eigenvalue weighted by Gasteiger charge is 2.28. The van der Waals surface area contributed by atoms with Gasteiger partial charge in [0.15, 0.2) is 6.61 Å². The van der Waals surface area contributed by atoms with Crippen LogP contribution in [0.5, 0.6) is 11.6 Å². The van der Waals surface area contributed by atoms with Crippen LogP contribution in [-0.4, -0.2) is 22.1 Å². The van der Waals surface area contributed by atoms with E-state index in [4.69, 9.17) is 4.74 Å². The van der Waals surface area contributed by atoms with Crippen LogP contribution in [0, 0.1) is 32.1 Å². The van der Waals surface area contributed by atoms with Crippen LogP contribution in [0.4, 0.5) is 0 Å². The number of nitriles is 1. The maximum atomic E-state index is 12.9. The van der Waals surface area contributed by atoms with Crippen molar-refractivity contribution in [3.63, 3.8) is 0 Å². The van der Waals surface area contributed by atoms with Gasteiger partial charge in [-0.3, -0.25) is 14.2 Å². The van der Waals surface area contributed by atoms with E-state index < -0.39 is 11.3 Å². The summed E-state index contributed by atoms with van der Waals surface area (Å²) >= 11 is 0. The summed E-state index contributed by atoms with van der Waals surface area (Å²) in [6.07, 6.45) is 4.47. The number of aryl methyl sites for hydroxylation is 2. The number of pyridine rings is 1. The highest BCUT2D eigenvalue weighted by molar-refractivity contribution is 6.01. The zero-order valence-corrected chi connectivity index (χ0v) is 17.1. The van der Waals surface area contributed by atoms with E-state index in [-0.39, 0.29) is 35.2 Å². The second-order valence-electron chi connectivity index (χ2n) is 7.81. The molecule has 152 valence electrons. The first kappa shape index (κ1) is 20.7. The molecule has 0 saturated heterocycles. The molecule has 0 amide bonds. The molecule has 0 unspecified atom stereocenters. The van der Waals surface area contributed by atoms with E-state index in [1.54, 1.807) is 0 Å². The zero-order valence-electron chi connectivity index (χ0n) is 17.1. The van der Waals surface area contributed by atoms with Crippen molar-refractivity contribution >= 4 is 5.78 Å². The number of rotatable bonds is 5. The molecule has 2 aromatic rings. The second kappa shape index (κ2) is 8.52. The van der Waals surface area contributed by atoms with E-state index in [1.807, 2.05) is 38.1 Å². The summed E-state index contributed by atoms with van der Waals surface area (Å²) in [7, 11) is 0. The van der Waals surface area contributed by atoms with Crippen molar-refractivity contribution in [2.24, 2.45) is 0 Å². The summed E-state index contributed by atoms with van der Waals surface area (Å²) in [4.78, 5) is 25.7. The van der Waals surface area contributed by atoms with Gasteiger partial charge in [-0.1, -0.05) is 25.3 Å². The molecule has 0 atom stereocenters. The maximum absolute atomic E-state index is 12.9. The minimum Gasteiger partial charge on any atom is -0.494 e. The summed E-state index contributed by atoms with van der Waals surface area (Å²) in [6.45, 7) is 5.12. The summed E-state index contributed by atoms with van der Waals surface area (Å²) in [5, 5.41) is 20.4.